The van der Waals surface area contributed by atoms with Crippen molar-refractivity contribution in [3.8, 4) is 0 Å². The van der Waals surface area contributed by atoms with Crippen LogP contribution in [0.1, 0.15) is 27.3 Å². The summed E-state index contributed by atoms with van der Waals surface area (Å²) in [6, 6.07) is 4.79. The highest BCUT2D eigenvalue weighted by Gasteiger charge is 2.34. The van der Waals surface area contributed by atoms with E-state index in [4.69, 9.17) is 0 Å². The molecule has 0 amide bonds. The number of hydrogen-bond donors (Lipinski definition) is 1. The molecule has 0 spiro atoms. The molecule has 1 saturated heterocycles. The number of carbonyl (C=O) groups excluding carboxylic acids is 1. The quantitative estimate of drug-likeness (QED) is 0.826. The van der Waals surface area contributed by atoms with Gasteiger partial charge in [0, 0.05) is 44.5 Å². The molecule has 1 fully saturated rings. The van der Waals surface area contributed by atoms with Gasteiger partial charge in [0.2, 0.25) is 0 Å². The molecule has 1 N–H and O–H groups in total. The molecule has 138 valence electrons. The fraction of sp³-hybridized carbons (Fsp3) is 0.389. The van der Waals surface area contributed by atoms with Crippen LogP contribution >= 0.6 is 0 Å². The van der Waals surface area contributed by atoms with Crippen LogP contribution in [0.4, 0.5) is 13.2 Å². The van der Waals surface area contributed by atoms with Gasteiger partial charge in [-0.25, -0.2) is 0 Å². The maximum atomic E-state index is 13.0. The van der Waals surface area contributed by atoms with Gasteiger partial charge in [0.15, 0.2) is 5.78 Å². The smallest absolute Gasteiger partial charge is 0.314 e. The highest BCUT2D eigenvalue weighted by Crippen LogP contribution is 2.32. The Morgan fingerprint density at radius 1 is 1.08 bits per heavy atom. The number of benzene rings is 1. The number of halogens is 3. The minimum absolute atomic E-state index is 0.214. The van der Waals surface area contributed by atoms with Crippen LogP contribution in [0.3, 0.4) is 0 Å². The number of aromatic nitrogens is 2. The molecule has 0 unspecified atom stereocenters. The van der Waals surface area contributed by atoms with Crippen LogP contribution in [-0.4, -0.2) is 46.8 Å². The molecule has 3 rings (SSSR count). The molecule has 0 aliphatic carbocycles. The fourth-order valence-electron chi connectivity index (χ4n) is 2.89. The number of carbonyl (C=O) groups is 1. The average Bonchev–Trinajstić information content (AvgIpc) is 2.63. The van der Waals surface area contributed by atoms with Crippen molar-refractivity contribution >= 4 is 5.78 Å². The lowest BCUT2D eigenvalue weighted by atomic mass is 10.0. The third kappa shape index (κ3) is 4.64. The molecule has 2 heterocycles. The zero-order chi connectivity index (χ0) is 18.6. The number of alkyl halides is 3. The summed E-state index contributed by atoms with van der Waals surface area (Å²) in [7, 11) is 0. The van der Waals surface area contributed by atoms with E-state index in [1.54, 1.807) is 6.20 Å². The Bertz CT molecular complexity index is 756. The van der Waals surface area contributed by atoms with Gasteiger partial charge in [-0.15, -0.1) is 0 Å². The fourth-order valence-corrected chi connectivity index (χ4v) is 2.89. The zero-order valence-electron chi connectivity index (χ0n) is 14.1. The van der Waals surface area contributed by atoms with Crippen LogP contribution in [0.15, 0.2) is 36.7 Å². The minimum Gasteiger partial charge on any atom is -0.314 e. The molecule has 0 bridgehead atoms. The van der Waals surface area contributed by atoms with Crippen LogP contribution in [-0.2, 0) is 19.1 Å². The van der Waals surface area contributed by atoms with Gasteiger partial charge >= 0.3 is 6.18 Å². The lowest BCUT2D eigenvalue weighted by molar-refractivity contribution is -0.137. The van der Waals surface area contributed by atoms with Gasteiger partial charge in [-0.2, -0.15) is 13.2 Å². The van der Waals surface area contributed by atoms with Crippen molar-refractivity contribution in [2.24, 2.45) is 0 Å². The van der Waals surface area contributed by atoms with Crippen molar-refractivity contribution in [1.82, 2.24) is 20.2 Å². The van der Waals surface area contributed by atoms with Gasteiger partial charge in [0.05, 0.1) is 29.6 Å². The van der Waals surface area contributed by atoms with E-state index in [1.807, 2.05) is 0 Å². The van der Waals surface area contributed by atoms with Crippen molar-refractivity contribution in [2.75, 3.05) is 26.2 Å². The van der Waals surface area contributed by atoms with E-state index in [2.05, 4.69) is 20.2 Å². The van der Waals surface area contributed by atoms with E-state index in [9.17, 15) is 18.0 Å². The number of nitrogens with zero attached hydrogens (tertiary/aromatic N) is 3. The largest absolute Gasteiger partial charge is 0.417 e. The zero-order valence-corrected chi connectivity index (χ0v) is 14.1. The topological polar surface area (TPSA) is 58.1 Å². The van der Waals surface area contributed by atoms with Crippen molar-refractivity contribution in [2.45, 2.75) is 19.1 Å². The minimum atomic E-state index is -4.56. The number of ketones is 1. The number of piperazine rings is 1. The Kier molecular flexibility index (Phi) is 5.63. The summed E-state index contributed by atoms with van der Waals surface area (Å²) in [6.07, 6.45) is -1.73. The molecule has 0 saturated carbocycles. The molecule has 8 heteroatoms. The van der Waals surface area contributed by atoms with Crippen LogP contribution in [0.2, 0.25) is 0 Å². The summed E-state index contributed by atoms with van der Waals surface area (Å²) in [6.45, 7) is 4.38. The summed E-state index contributed by atoms with van der Waals surface area (Å²) in [5.41, 5.74) is -0.130. The summed E-state index contributed by atoms with van der Waals surface area (Å²) >= 11 is 0. The Morgan fingerprint density at radius 2 is 1.73 bits per heavy atom. The summed E-state index contributed by atoms with van der Waals surface area (Å²) in [4.78, 5) is 23.0. The van der Waals surface area contributed by atoms with Gasteiger partial charge in [-0.1, -0.05) is 18.2 Å². The maximum Gasteiger partial charge on any atom is 0.417 e. The Hall–Kier alpha value is -2.32. The van der Waals surface area contributed by atoms with Gasteiger partial charge in [-0.05, 0) is 6.07 Å². The standard InChI is InChI=1S/C18H19F3N4O/c19-18(20,21)16-4-2-1-3-15(16)17(26)9-13-10-24-14(11-23-13)12-25-7-5-22-6-8-25/h1-4,10-11,22H,5-9,12H2. The molecule has 5 nitrogen and oxygen atoms in total. The summed E-state index contributed by atoms with van der Waals surface area (Å²) < 4.78 is 39.1. The molecule has 2 aromatic rings. The van der Waals surface area contributed by atoms with Crippen molar-refractivity contribution in [3.05, 3.63) is 59.2 Å². The molecule has 26 heavy (non-hydrogen) atoms. The third-order valence-corrected chi connectivity index (χ3v) is 4.23. The second-order valence-corrected chi connectivity index (χ2v) is 6.17. The maximum absolute atomic E-state index is 13.0. The first-order chi connectivity index (χ1) is 12.4. The SMILES string of the molecule is O=C(Cc1cnc(CN2CCNCC2)cn1)c1ccccc1C(F)(F)F. The predicted octanol–water partition coefficient (Wildman–Crippen LogP) is 2.33. The Labute approximate surface area is 149 Å². The van der Waals surface area contributed by atoms with E-state index in [0.29, 0.717) is 12.2 Å². The lowest BCUT2D eigenvalue weighted by Gasteiger charge is -2.26. The Balaban J connectivity index is 1.67. The first-order valence-electron chi connectivity index (χ1n) is 8.36. The number of hydrogen-bond acceptors (Lipinski definition) is 5. The van der Waals surface area contributed by atoms with Gasteiger partial charge in [0.1, 0.15) is 0 Å². The number of Topliss-reactive ketones (excluding diaryl/α,β-unsaturated/α-hetero) is 1. The summed E-state index contributed by atoms with van der Waals surface area (Å²) in [5, 5.41) is 3.27. The normalized spacial score (nSPS) is 15.8. The van der Waals surface area contributed by atoms with Crippen molar-refractivity contribution < 1.29 is 18.0 Å². The van der Waals surface area contributed by atoms with E-state index in [1.165, 1.54) is 24.4 Å². The summed E-state index contributed by atoms with van der Waals surface area (Å²) in [5.74, 6) is -0.623. The van der Waals surface area contributed by atoms with Crippen molar-refractivity contribution in [1.29, 1.82) is 0 Å². The monoisotopic (exact) mass is 364 g/mol. The highest BCUT2D eigenvalue weighted by molar-refractivity contribution is 5.98. The van der Waals surface area contributed by atoms with E-state index in [0.717, 1.165) is 37.9 Å². The molecule has 1 aliphatic rings. The van der Waals surface area contributed by atoms with Crippen LogP contribution in [0, 0.1) is 0 Å². The van der Waals surface area contributed by atoms with Crippen molar-refractivity contribution in [3.63, 3.8) is 0 Å². The predicted molar refractivity (Wildman–Crippen MR) is 89.7 cm³/mol. The molecule has 0 radical (unpaired) electrons. The highest BCUT2D eigenvalue weighted by atomic mass is 19.4. The molecule has 0 atom stereocenters. The second kappa shape index (κ2) is 7.92. The first kappa shape index (κ1) is 18.5. The van der Waals surface area contributed by atoms with E-state index in [-0.39, 0.29) is 12.0 Å². The van der Waals surface area contributed by atoms with Crippen LogP contribution in [0.5, 0.6) is 0 Å². The average molecular weight is 364 g/mol. The number of rotatable bonds is 5. The van der Waals surface area contributed by atoms with Gasteiger partial charge in [0.25, 0.3) is 0 Å². The second-order valence-electron chi connectivity index (χ2n) is 6.17. The molecular weight excluding hydrogens is 345 g/mol. The van der Waals surface area contributed by atoms with Crippen LogP contribution in [0.25, 0.3) is 0 Å². The lowest BCUT2D eigenvalue weighted by Crippen LogP contribution is -2.43. The molecular formula is C18H19F3N4O. The Morgan fingerprint density at radius 3 is 2.38 bits per heavy atom. The molecule has 1 aliphatic heterocycles. The van der Waals surface area contributed by atoms with Gasteiger partial charge in [-0.3, -0.25) is 19.7 Å². The van der Waals surface area contributed by atoms with Gasteiger partial charge < -0.3 is 5.32 Å². The van der Waals surface area contributed by atoms with Crippen LogP contribution < -0.4 is 5.32 Å². The first-order valence-corrected chi connectivity index (χ1v) is 8.36. The number of nitrogens with one attached hydrogen (secondary N) is 1. The molecule has 1 aromatic carbocycles. The molecule has 1 aromatic heterocycles. The van der Waals surface area contributed by atoms with E-state index < -0.39 is 17.5 Å². The third-order valence-electron chi connectivity index (χ3n) is 4.23. The van der Waals surface area contributed by atoms with E-state index >= 15 is 0 Å².